The average molecular weight is 486 g/mol. The van der Waals surface area contributed by atoms with Crippen LogP contribution < -0.4 is 10.6 Å². The van der Waals surface area contributed by atoms with Gasteiger partial charge in [0.15, 0.2) is 5.82 Å². The molecule has 0 fully saturated rings. The number of aromatic nitrogens is 2. The van der Waals surface area contributed by atoms with Crippen LogP contribution in [0.5, 0.6) is 0 Å². The predicted molar refractivity (Wildman–Crippen MR) is 125 cm³/mol. The molecular formula is C25H25F3N4O3. The number of alkyl halides is 3. The summed E-state index contributed by atoms with van der Waals surface area (Å²) in [7, 11) is 0. The number of halogens is 3. The Hall–Kier alpha value is -3.95. The van der Waals surface area contributed by atoms with Crippen LogP contribution in [0.15, 0.2) is 60.9 Å². The normalized spacial score (nSPS) is 12.1. The van der Waals surface area contributed by atoms with Crippen LogP contribution >= 0.6 is 0 Å². The van der Waals surface area contributed by atoms with Crippen molar-refractivity contribution in [2.45, 2.75) is 38.4 Å². The van der Waals surface area contributed by atoms with Crippen LogP contribution in [0.3, 0.4) is 0 Å². The van der Waals surface area contributed by atoms with E-state index in [9.17, 15) is 22.8 Å². The fourth-order valence-corrected chi connectivity index (χ4v) is 3.42. The van der Waals surface area contributed by atoms with E-state index in [1.165, 1.54) is 12.1 Å². The van der Waals surface area contributed by atoms with Crippen molar-refractivity contribution in [2.75, 3.05) is 11.9 Å². The number of hydrogen-bond acceptors (Lipinski definition) is 5. The zero-order valence-corrected chi connectivity index (χ0v) is 19.0. The van der Waals surface area contributed by atoms with Gasteiger partial charge in [0.25, 0.3) is 5.91 Å². The first-order chi connectivity index (χ1) is 16.7. The first-order valence-electron chi connectivity index (χ1n) is 11.0. The maximum Gasteiger partial charge on any atom is 0.416 e. The molecule has 3 N–H and O–H groups in total. The standard InChI is InChI=1S/C25H25F3N4O3/c1-2-3-21(16-4-6-18(7-5-16)24(35)29-13-12-22(33)34)32-20-14-30-23(31-15-20)17-8-10-19(11-9-17)25(26,27)28/h4-11,14-15,21,32H,2-3,12-13H2,1H3,(H,29,35)(H,33,34). The zero-order chi connectivity index (χ0) is 25.4. The molecule has 1 amide bonds. The minimum Gasteiger partial charge on any atom is -0.481 e. The monoisotopic (exact) mass is 486 g/mol. The van der Waals surface area contributed by atoms with Crippen molar-refractivity contribution in [1.82, 2.24) is 15.3 Å². The highest BCUT2D eigenvalue weighted by atomic mass is 19.4. The Labute approximate surface area is 200 Å². The van der Waals surface area contributed by atoms with Gasteiger partial charge in [0.1, 0.15) is 0 Å². The van der Waals surface area contributed by atoms with E-state index >= 15 is 0 Å². The summed E-state index contributed by atoms with van der Waals surface area (Å²) < 4.78 is 38.3. The summed E-state index contributed by atoms with van der Waals surface area (Å²) in [6.07, 6.45) is 0.292. The molecular weight excluding hydrogens is 461 g/mol. The van der Waals surface area contributed by atoms with Crippen LogP contribution in [0.1, 0.15) is 53.7 Å². The summed E-state index contributed by atoms with van der Waals surface area (Å²) in [5, 5.41) is 14.6. The number of carbonyl (C=O) groups excluding carboxylic acids is 1. The quantitative estimate of drug-likeness (QED) is 0.358. The molecule has 0 spiro atoms. The first kappa shape index (κ1) is 25.7. The lowest BCUT2D eigenvalue weighted by molar-refractivity contribution is -0.138. The Balaban J connectivity index is 1.67. The van der Waals surface area contributed by atoms with Gasteiger partial charge in [0.05, 0.1) is 36.1 Å². The van der Waals surface area contributed by atoms with Crippen molar-refractivity contribution in [3.63, 3.8) is 0 Å². The molecule has 0 aliphatic rings. The smallest absolute Gasteiger partial charge is 0.416 e. The molecule has 10 heteroatoms. The Kier molecular flexibility index (Phi) is 8.40. The molecule has 0 saturated carbocycles. The molecule has 1 unspecified atom stereocenters. The van der Waals surface area contributed by atoms with Crippen LogP contribution in [-0.4, -0.2) is 33.5 Å². The number of hydrogen-bond donors (Lipinski definition) is 3. The molecule has 7 nitrogen and oxygen atoms in total. The van der Waals surface area contributed by atoms with E-state index in [1.54, 1.807) is 24.5 Å². The number of nitrogens with one attached hydrogen (secondary N) is 2. The average Bonchev–Trinajstić information content (AvgIpc) is 2.83. The molecule has 3 aromatic rings. The minimum absolute atomic E-state index is 0.0540. The second-order valence-electron chi connectivity index (χ2n) is 7.88. The number of aliphatic carboxylic acids is 1. The van der Waals surface area contributed by atoms with Crippen molar-refractivity contribution in [1.29, 1.82) is 0 Å². The van der Waals surface area contributed by atoms with Crippen LogP contribution in [-0.2, 0) is 11.0 Å². The number of anilines is 1. The highest BCUT2D eigenvalue weighted by Crippen LogP contribution is 2.30. The lowest BCUT2D eigenvalue weighted by Crippen LogP contribution is -2.26. The van der Waals surface area contributed by atoms with Gasteiger partial charge in [-0.05, 0) is 36.2 Å². The predicted octanol–water partition coefficient (Wildman–Crippen LogP) is 5.32. The van der Waals surface area contributed by atoms with E-state index < -0.39 is 17.7 Å². The van der Waals surface area contributed by atoms with Crippen molar-refractivity contribution < 1.29 is 27.9 Å². The van der Waals surface area contributed by atoms with Crippen molar-refractivity contribution in [2.24, 2.45) is 0 Å². The van der Waals surface area contributed by atoms with Crippen LogP contribution in [0.25, 0.3) is 11.4 Å². The summed E-state index contributed by atoms with van der Waals surface area (Å²) in [5.41, 5.74) is 1.77. The second-order valence-corrected chi connectivity index (χ2v) is 7.88. The van der Waals surface area contributed by atoms with Gasteiger partial charge in [0, 0.05) is 17.7 Å². The van der Waals surface area contributed by atoms with E-state index in [2.05, 4.69) is 20.6 Å². The van der Waals surface area contributed by atoms with E-state index in [1.807, 2.05) is 19.1 Å². The highest BCUT2D eigenvalue weighted by Gasteiger charge is 2.30. The fraction of sp³-hybridized carbons (Fsp3) is 0.280. The van der Waals surface area contributed by atoms with Gasteiger partial charge in [-0.15, -0.1) is 0 Å². The van der Waals surface area contributed by atoms with Gasteiger partial charge in [0.2, 0.25) is 0 Å². The molecule has 1 aromatic heterocycles. The molecule has 3 rings (SSSR count). The van der Waals surface area contributed by atoms with Gasteiger partial charge in [-0.2, -0.15) is 13.2 Å². The van der Waals surface area contributed by atoms with E-state index in [4.69, 9.17) is 5.11 Å². The summed E-state index contributed by atoms with van der Waals surface area (Å²) in [6.45, 7) is 2.10. The van der Waals surface area contributed by atoms with Crippen molar-refractivity contribution in [3.8, 4) is 11.4 Å². The third-order valence-electron chi connectivity index (χ3n) is 5.24. The van der Waals surface area contributed by atoms with Crippen molar-refractivity contribution in [3.05, 3.63) is 77.6 Å². The largest absolute Gasteiger partial charge is 0.481 e. The Morgan fingerprint density at radius 3 is 2.17 bits per heavy atom. The van der Waals surface area contributed by atoms with Gasteiger partial charge in [-0.3, -0.25) is 9.59 Å². The Morgan fingerprint density at radius 1 is 1.00 bits per heavy atom. The zero-order valence-electron chi connectivity index (χ0n) is 19.0. The molecule has 184 valence electrons. The number of carbonyl (C=O) groups is 2. The molecule has 1 heterocycles. The molecule has 1 atom stereocenters. The maximum atomic E-state index is 12.8. The molecule has 0 radical (unpaired) electrons. The van der Waals surface area contributed by atoms with Crippen LogP contribution in [0.2, 0.25) is 0 Å². The number of amides is 1. The van der Waals surface area contributed by atoms with Gasteiger partial charge in [-0.1, -0.05) is 37.6 Å². The van der Waals surface area contributed by atoms with E-state index in [0.717, 1.165) is 30.5 Å². The number of carboxylic acids is 1. The highest BCUT2D eigenvalue weighted by molar-refractivity contribution is 5.94. The van der Waals surface area contributed by atoms with Gasteiger partial charge < -0.3 is 15.7 Å². The lowest BCUT2D eigenvalue weighted by atomic mass is 10.0. The number of benzene rings is 2. The second kappa shape index (κ2) is 11.5. The molecule has 0 aliphatic heterocycles. The van der Waals surface area contributed by atoms with Crippen molar-refractivity contribution >= 4 is 17.6 Å². The summed E-state index contributed by atoms with van der Waals surface area (Å²) in [4.78, 5) is 31.3. The molecule has 0 bridgehead atoms. The summed E-state index contributed by atoms with van der Waals surface area (Å²) >= 11 is 0. The third kappa shape index (κ3) is 7.26. The minimum atomic E-state index is -4.40. The van der Waals surface area contributed by atoms with Crippen LogP contribution in [0.4, 0.5) is 18.9 Å². The molecule has 2 aromatic carbocycles. The van der Waals surface area contributed by atoms with E-state index in [0.29, 0.717) is 22.6 Å². The number of nitrogens with zero attached hydrogens (tertiary/aromatic N) is 2. The Bertz CT molecular complexity index is 1130. The summed E-state index contributed by atoms with van der Waals surface area (Å²) in [5.74, 6) is -1.01. The Morgan fingerprint density at radius 2 is 1.63 bits per heavy atom. The first-order valence-corrected chi connectivity index (χ1v) is 11.0. The van der Waals surface area contributed by atoms with E-state index in [-0.39, 0.29) is 24.9 Å². The van der Waals surface area contributed by atoms with Gasteiger partial charge >= 0.3 is 12.1 Å². The number of rotatable bonds is 10. The fourth-order valence-electron chi connectivity index (χ4n) is 3.42. The molecule has 35 heavy (non-hydrogen) atoms. The summed E-state index contributed by atoms with van der Waals surface area (Å²) in [6, 6.07) is 11.6. The van der Waals surface area contributed by atoms with Crippen LogP contribution in [0, 0.1) is 0 Å². The number of carboxylic acid groups (broad SMARTS) is 1. The third-order valence-corrected chi connectivity index (χ3v) is 5.24. The lowest BCUT2D eigenvalue weighted by Gasteiger charge is -2.20. The molecule has 0 aliphatic carbocycles. The maximum absolute atomic E-state index is 12.8. The topological polar surface area (TPSA) is 104 Å². The molecule has 0 saturated heterocycles. The SMILES string of the molecule is CCCC(Nc1cnc(-c2ccc(C(F)(F)F)cc2)nc1)c1ccc(C(=O)NCCC(=O)O)cc1. The van der Waals surface area contributed by atoms with Gasteiger partial charge in [-0.25, -0.2) is 9.97 Å².